The van der Waals surface area contributed by atoms with Crippen molar-refractivity contribution in [3.05, 3.63) is 0 Å². The molecule has 0 aromatic rings. The van der Waals surface area contributed by atoms with Crippen molar-refractivity contribution in [1.82, 2.24) is 4.90 Å². The van der Waals surface area contributed by atoms with Crippen molar-refractivity contribution in [3.8, 4) is 0 Å². The van der Waals surface area contributed by atoms with Crippen LogP contribution in [-0.4, -0.2) is 37.2 Å². The molecule has 60 valence electrons. The Bertz CT molecular complexity index is 95.3. The molecular weight excluding hydrogens is 126 g/mol. The van der Waals surface area contributed by atoms with Crippen LogP contribution in [0.25, 0.3) is 0 Å². The van der Waals surface area contributed by atoms with Gasteiger partial charge in [0.05, 0.1) is 12.7 Å². The second-order valence-corrected chi connectivity index (χ2v) is 2.90. The fourth-order valence-electron chi connectivity index (χ4n) is 1.26. The Morgan fingerprint density at radius 2 is 2.30 bits per heavy atom. The van der Waals surface area contributed by atoms with Crippen molar-refractivity contribution in [2.75, 3.05) is 26.2 Å². The summed E-state index contributed by atoms with van der Waals surface area (Å²) >= 11 is 0. The number of likely N-dealkylation sites (N-methyl/N-ethyl adjacent to an activating group) is 1. The molecule has 1 fully saturated rings. The molecule has 10 heavy (non-hydrogen) atoms. The first-order valence-corrected chi connectivity index (χ1v) is 4.17. The summed E-state index contributed by atoms with van der Waals surface area (Å²) in [7, 11) is 0. The summed E-state index contributed by atoms with van der Waals surface area (Å²) in [6.07, 6.45) is 1.66. The zero-order valence-electron chi connectivity index (χ0n) is 6.97. The average Bonchev–Trinajstić information content (AvgIpc) is 2.14. The smallest absolute Gasteiger partial charge is 0.0597 e. The topological polar surface area (TPSA) is 12.5 Å². The molecule has 1 saturated heterocycles. The lowest BCUT2D eigenvalue weighted by Crippen LogP contribution is -2.25. The highest BCUT2D eigenvalue weighted by molar-refractivity contribution is 4.63. The summed E-state index contributed by atoms with van der Waals surface area (Å²) in [5.74, 6) is 0. The average molecular weight is 143 g/mol. The lowest BCUT2D eigenvalue weighted by Gasteiger charge is -2.15. The molecular formula is C8H17NO. The predicted molar refractivity (Wildman–Crippen MR) is 42.1 cm³/mol. The molecule has 0 amide bonds. The van der Waals surface area contributed by atoms with E-state index in [1.165, 1.54) is 13.0 Å². The molecule has 0 N–H and O–H groups in total. The van der Waals surface area contributed by atoms with Crippen LogP contribution in [0.3, 0.4) is 0 Å². The highest BCUT2D eigenvalue weighted by atomic mass is 16.5. The van der Waals surface area contributed by atoms with Gasteiger partial charge in [-0.2, -0.15) is 0 Å². The molecule has 0 spiro atoms. The molecule has 1 aliphatic heterocycles. The molecule has 0 radical (unpaired) electrons. The van der Waals surface area contributed by atoms with E-state index in [0.29, 0.717) is 6.10 Å². The minimum atomic E-state index is 0.469. The van der Waals surface area contributed by atoms with Crippen LogP contribution in [0.1, 0.15) is 20.3 Å². The fourth-order valence-corrected chi connectivity index (χ4v) is 1.26. The van der Waals surface area contributed by atoms with Crippen LogP contribution in [0.5, 0.6) is 0 Å². The summed E-state index contributed by atoms with van der Waals surface area (Å²) in [5, 5.41) is 0. The third kappa shape index (κ3) is 2.27. The zero-order chi connectivity index (χ0) is 7.40. The van der Waals surface area contributed by atoms with Gasteiger partial charge in [0.1, 0.15) is 0 Å². The van der Waals surface area contributed by atoms with Crippen molar-refractivity contribution in [1.29, 1.82) is 0 Å². The Hall–Kier alpha value is -0.0800. The standard InChI is InChI=1S/C8H17NO/c1-3-9-5-4-8(2)10-7-6-9/h8H,3-7H2,1-2H3/t8-/m1/s1. The Morgan fingerprint density at radius 1 is 1.50 bits per heavy atom. The first-order chi connectivity index (χ1) is 4.83. The van der Waals surface area contributed by atoms with Gasteiger partial charge in [0, 0.05) is 13.1 Å². The molecule has 0 saturated carbocycles. The van der Waals surface area contributed by atoms with E-state index in [9.17, 15) is 0 Å². The molecule has 1 heterocycles. The fraction of sp³-hybridized carbons (Fsp3) is 1.00. The lowest BCUT2D eigenvalue weighted by atomic mass is 10.3. The van der Waals surface area contributed by atoms with E-state index in [2.05, 4.69) is 18.7 Å². The van der Waals surface area contributed by atoms with Crippen LogP contribution in [0.15, 0.2) is 0 Å². The number of ether oxygens (including phenoxy) is 1. The van der Waals surface area contributed by atoms with Crippen LogP contribution >= 0.6 is 0 Å². The van der Waals surface area contributed by atoms with E-state index in [1.807, 2.05) is 0 Å². The Balaban J connectivity index is 2.26. The Kier molecular flexibility index (Phi) is 3.16. The van der Waals surface area contributed by atoms with Crippen LogP contribution in [-0.2, 0) is 4.74 Å². The van der Waals surface area contributed by atoms with E-state index < -0.39 is 0 Å². The van der Waals surface area contributed by atoms with Gasteiger partial charge in [0.2, 0.25) is 0 Å². The minimum Gasteiger partial charge on any atom is -0.377 e. The summed E-state index contributed by atoms with van der Waals surface area (Å²) < 4.78 is 5.49. The van der Waals surface area contributed by atoms with Crippen molar-refractivity contribution in [2.45, 2.75) is 26.4 Å². The van der Waals surface area contributed by atoms with Gasteiger partial charge in [0.25, 0.3) is 0 Å². The predicted octanol–water partition coefficient (Wildman–Crippen LogP) is 1.12. The zero-order valence-corrected chi connectivity index (χ0v) is 6.97. The SMILES string of the molecule is CCN1CCO[C@H](C)CC1. The maximum absolute atomic E-state index is 5.49. The summed E-state index contributed by atoms with van der Waals surface area (Å²) in [4.78, 5) is 2.43. The number of rotatable bonds is 1. The molecule has 1 rings (SSSR count). The summed E-state index contributed by atoms with van der Waals surface area (Å²) in [6, 6.07) is 0. The van der Waals surface area contributed by atoms with Crippen molar-refractivity contribution in [3.63, 3.8) is 0 Å². The highest BCUT2D eigenvalue weighted by Crippen LogP contribution is 2.04. The molecule has 0 aromatic heterocycles. The molecule has 1 atom stereocenters. The van der Waals surface area contributed by atoms with Gasteiger partial charge in [-0.25, -0.2) is 0 Å². The summed E-state index contributed by atoms with van der Waals surface area (Å²) in [5.41, 5.74) is 0. The summed E-state index contributed by atoms with van der Waals surface area (Å²) in [6.45, 7) is 8.75. The molecule has 0 bridgehead atoms. The second kappa shape index (κ2) is 3.94. The third-order valence-corrected chi connectivity index (χ3v) is 2.11. The second-order valence-electron chi connectivity index (χ2n) is 2.90. The van der Waals surface area contributed by atoms with Crippen LogP contribution in [0.4, 0.5) is 0 Å². The van der Waals surface area contributed by atoms with Crippen molar-refractivity contribution >= 4 is 0 Å². The van der Waals surface area contributed by atoms with Gasteiger partial charge in [-0.05, 0) is 19.9 Å². The lowest BCUT2D eigenvalue weighted by molar-refractivity contribution is 0.0753. The van der Waals surface area contributed by atoms with Gasteiger partial charge in [-0.3, -0.25) is 0 Å². The highest BCUT2D eigenvalue weighted by Gasteiger charge is 2.11. The molecule has 2 nitrogen and oxygen atoms in total. The minimum absolute atomic E-state index is 0.469. The van der Waals surface area contributed by atoms with Crippen LogP contribution in [0, 0.1) is 0 Å². The van der Waals surface area contributed by atoms with E-state index in [-0.39, 0.29) is 0 Å². The van der Waals surface area contributed by atoms with Crippen LogP contribution < -0.4 is 0 Å². The third-order valence-electron chi connectivity index (χ3n) is 2.11. The normalized spacial score (nSPS) is 30.0. The van der Waals surface area contributed by atoms with Gasteiger partial charge >= 0.3 is 0 Å². The van der Waals surface area contributed by atoms with E-state index >= 15 is 0 Å². The first kappa shape index (κ1) is 8.02. The molecule has 2 heteroatoms. The van der Waals surface area contributed by atoms with Gasteiger partial charge in [-0.15, -0.1) is 0 Å². The van der Waals surface area contributed by atoms with Crippen LogP contribution in [0.2, 0.25) is 0 Å². The van der Waals surface area contributed by atoms with Crippen molar-refractivity contribution in [2.24, 2.45) is 0 Å². The van der Waals surface area contributed by atoms with Gasteiger partial charge in [0.15, 0.2) is 0 Å². The Morgan fingerprint density at radius 3 is 3.00 bits per heavy atom. The maximum Gasteiger partial charge on any atom is 0.0597 e. The van der Waals surface area contributed by atoms with Gasteiger partial charge < -0.3 is 9.64 Å². The largest absolute Gasteiger partial charge is 0.377 e. The van der Waals surface area contributed by atoms with E-state index in [0.717, 1.165) is 19.7 Å². The maximum atomic E-state index is 5.49. The Labute approximate surface area is 63.2 Å². The van der Waals surface area contributed by atoms with E-state index in [1.54, 1.807) is 0 Å². The number of hydrogen-bond acceptors (Lipinski definition) is 2. The quantitative estimate of drug-likeness (QED) is 0.545. The molecule has 0 aliphatic carbocycles. The molecule has 0 aromatic carbocycles. The molecule has 1 aliphatic rings. The monoisotopic (exact) mass is 143 g/mol. The van der Waals surface area contributed by atoms with Gasteiger partial charge in [-0.1, -0.05) is 6.92 Å². The molecule has 0 unspecified atom stereocenters. The number of hydrogen-bond donors (Lipinski definition) is 0. The van der Waals surface area contributed by atoms with E-state index in [4.69, 9.17) is 4.74 Å². The van der Waals surface area contributed by atoms with Crippen molar-refractivity contribution < 1.29 is 4.74 Å². The number of nitrogens with zero attached hydrogens (tertiary/aromatic N) is 1. The first-order valence-electron chi connectivity index (χ1n) is 4.17.